The summed E-state index contributed by atoms with van der Waals surface area (Å²) in [6.45, 7) is 0. The number of hydrogen-bond donors (Lipinski definition) is 1. The molecule has 0 bridgehead atoms. The third-order valence-electron chi connectivity index (χ3n) is 2.71. The van der Waals surface area contributed by atoms with Crippen LogP contribution in [0.4, 0.5) is 5.69 Å². The first-order valence-corrected chi connectivity index (χ1v) is 5.99. The van der Waals surface area contributed by atoms with E-state index < -0.39 is 0 Å². The number of nitrogens with zero attached hydrogens (tertiary/aromatic N) is 2. The van der Waals surface area contributed by atoms with Crippen molar-refractivity contribution < 1.29 is 4.52 Å². The van der Waals surface area contributed by atoms with Gasteiger partial charge in [0.1, 0.15) is 0 Å². The van der Waals surface area contributed by atoms with Crippen molar-refractivity contribution in [2.24, 2.45) is 0 Å². The number of nitrogen functional groups attached to an aromatic ring is 1. The van der Waals surface area contributed by atoms with Gasteiger partial charge >= 0.3 is 0 Å². The molecule has 6 heteroatoms. The highest BCUT2D eigenvalue weighted by Crippen LogP contribution is 2.39. The maximum Gasteiger partial charge on any atom is 0.258 e. The molecule has 1 aromatic heterocycles. The van der Waals surface area contributed by atoms with E-state index in [1.54, 1.807) is 12.1 Å². The van der Waals surface area contributed by atoms with Crippen LogP contribution in [0.5, 0.6) is 0 Å². The monoisotopic (exact) mass is 269 g/mol. The molecule has 1 aliphatic carbocycles. The molecule has 2 aromatic rings. The summed E-state index contributed by atoms with van der Waals surface area (Å²) in [6, 6.07) is 3.35. The van der Waals surface area contributed by atoms with Crippen LogP contribution in [-0.2, 0) is 0 Å². The Balaban J connectivity index is 2.01. The number of benzene rings is 1. The minimum Gasteiger partial charge on any atom is -0.396 e. The van der Waals surface area contributed by atoms with Gasteiger partial charge in [-0.3, -0.25) is 0 Å². The molecule has 1 aromatic carbocycles. The van der Waals surface area contributed by atoms with Gasteiger partial charge in [0.15, 0.2) is 5.82 Å². The second kappa shape index (κ2) is 3.89. The van der Waals surface area contributed by atoms with Crippen LogP contribution in [0.3, 0.4) is 0 Å². The number of halogens is 2. The summed E-state index contributed by atoms with van der Waals surface area (Å²) in [5.74, 6) is 1.63. The van der Waals surface area contributed by atoms with Crippen LogP contribution >= 0.6 is 23.2 Å². The first-order chi connectivity index (χ1) is 8.15. The van der Waals surface area contributed by atoms with Crippen molar-refractivity contribution in [1.82, 2.24) is 10.1 Å². The lowest BCUT2D eigenvalue weighted by atomic mass is 10.2. The Morgan fingerprint density at radius 1 is 1.24 bits per heavy atom. The third-order valence-corrected chi connectivity index (χ3v) is 3.34. The van der Waals surface area contributed by atoms with Crippen molar-refractivity contribution in [2.45, 2.75) is 18.8 Å². The van der Waals surface area contributed by atoms with E-state index in [1.165, 1.54) is 0 Å². The SMILES string of the molecule is Nc1c(Cl)cc(-c2nc(C3CC3)no2)cc1Cl. The molecule has 1 saturated carbocycles. The Morgan fingerprint density at radius 2 is 1.88 bits per heavy atom. The molecule has 0 amide bonds. The van der Waals surface area contributed by atoms with E-state index in [4.69, 9.17) is 33.5 Å². The number of nitrogens with two attached hydrogens (primary N) is 1. The number of anilines is 1. The molecule has 0 aliphatic heterocycles. The van der Waals surface area contributed by atoms with Crippen molar-refractivity contribution in [3.05, 3.63) is 28.0 Å². The molecular formula is C11H9Cl2N3O. The van der Waals surface area contributed by atoms with E-state index >= 15 is 0 Å². The maximum atomic E-state index is 5.95. The Bertz CT molecular complexity index is 555. The smallest absolute Gasteiger partial charge is 0.258 e. The van der Waals surface area contributed by atoms with Crippen LogP contribution in [0.15, 0.2) is 16.7 Å². The summed E-state index contributed by atoms with van der Waals surface area (Å²) in [5.41, 5.74) is 6.71. The summed E-state index contributed by atoms with van der Waals surface area (Å²) in [7, 11) is 0. The van der Waals surface area contributed by atoms with Crippen LogP contribution < -0.4 is 5.73 Å². The molecule has 1 aliphatic rings. The first kappa shape index (κ1) is 10.9. The fraction of sp³-hybridized carbons (Fsp3) is 0.273. The predicted molar refractivity (Wildman–Crippen MR) is 66.1 cm³/mol. The predicted octanol–water partition coefficient (Wildman–Crippen LogP) is 3.50. The molecule has 88 valence electrons. The average molecular weight is 270 g/mol. The molecule has 3 rings (SSSR count). The number of hydrogen-bond acceptors (Lipinski definition) is 4. The molecule has 0 radical (unpaired) electrons. The minimum absolute atomic E-state index is 0.360. The molecular weight excluding hydrogens is 261 g/mol. The summed E-state index contributed by atoms with van der Waals surface area (Å²) >= 11 is 11.9. The van der Waals surface area contributed by atoms with Gasteiger partial charge in [0.05, 0.1) is 15.7 Å². The molecule has 1 fully saturated rings. The highest BCUT2D eigenvalue weighted by Gasteiger charge is 2.29. The van der Waals surface area contributed by atoms with Crippen LogP contribution in [0.2, 0.25) is 10.0 Å². The molecule has 1 heterocycles. The minimum atomic E-state index is 0.360. The van der Waals surface area contributed by atoms with E-state index in [9.17, 15) is 0 Å². The fourth-order valence-corrected chi connectivity index (χ4v) is 2.05. The molecule has 17 heavy (non-hydrogen) atoms. The van der Waals surface area contributed by atoms with Crippen molar-refractivity contribution in [3.63, 3.8) is 0 Å². The van der Waals surface area contributed by atoms with Gasteiger partial charge in [-0.2, -0.15) is 4.98 Å². The van der Waals surface area contributed by atoms with Gasteiger partial charge in [-0.05, 0) is 25.0 Å². The highest BCUT2D eigenvalue weighted by molar-refractivity contribution is 6.39. The zero-order chi connectivity index (χ0) is 12.0. The van der Waals surface area contributed by atoms with Gasteiger partial charge in [-0.15, -0.1) is 0 Å². The van der Waals surface area contributed by atoms with E-state index in [0.29, 0.717) is 33.1 Å². The van der Waals surface area contributed by atoms with Crippen molar-refractivity contribution >= 4 is 28.9 Å². The zero-order valence-corrected chi connectivity index (χ0v) is 10.3. The van der Waals surface area contributed by atoms with Crippen molar-refractivity contribution in [1.29, 1.82) is 0 Å². The Hall–Kier alpha value is -1.26. The molecule has 0 unspecified atom stereocenters. The molecule has 0 atom stereocenters. The summed E-state index contributed by atoms with van der Waals surface area (Å²) in [4.78, 5) is 4.32. The van der Waals surface area contributed by atoms with Crippen LogP contribution in [0.25, 0.3) is 11.5 Å². The van der Waals surface area contributed by atoms with Gasteiger partial charge in [-0.25, -0.2) is 0 Å². The van der Waals surface area contributed by atoms with Crippen LogP contribution in [-0.4, -0.2) is 10.1 Å². The molecule has 2 N–H and O–H groups in total. The second-order valence-corrected chi connectivity index (χ2v) is 4.90. The summed E-state index contributed by atoms with van der Waals surface area (Å²) in [5, 5.41) is 4.71. The second-order valence-electron chi connectivity index (χ2n) is 4.09. The highest BCUT2D eigenvalue weighted by atomic mass is 35.5. The van der Waals surface area contributed by atoms with Crippen molar-refractivity contribution in [3.8, 4) is 11.5 Å². The molecule has 0 spiro atoms. The normalized spacial score (nSPS) is 15.2. The number of aromatic nitrogens is 2. The lowest BCUT2D eigenvalue weighted by molar-refractivity contribution is 0.422. The fourth-order valence-electron chi connectivity index (χ4n) is 1.57. The first-order valence-electron chi connectivity index (χ1n) is 5.23. The van der Waals surface area contributed by atoms with E-state index in [2.05, 4.69) is 10.1 Å². The quantitative estimate of drug-likeness (QED) is 0.848. The van der Waals surface area contributed by atoms with Gasteiger partial charge in [0.25, 0.3) is 5.89 Å². The molecule has 4 nitrogen and oxygen atoms in total. The van der Waals surface area contributed by atoms with Crippen LogP contribution in [0, 0.1) is 0 Å². The standard InChI is InChI=1S/C11H9Cl2N3O/c12-7-3-6(4-8(13)9(7)14)11-15-10(16-17-11)5-1-2-5/h3-5H,1-2,14H2. The van der Waals surface area contributed by atoms with Crippen LogP contribution in [0.1, 0.15) is 24.6 Å². The van der Waals surface area contributed by atoms with E-state index in [-0.39, 0.29) is 0 Å². The lowest BCUT2D eigenvalue weighted by Gasteiger charge is -2.02. The Morgan fingerprint density at radius 3 is 2.47 bits per heavy atom. The largest absolute Gasteiger partial charge is 0.396 e. The Labute approximate surface area is 108 Å². The van der Waals surface area contributed by atoms with E-state index in [0.717, 1.165) is 18.7 Å². The summed E-state index contributed by atoms with van der Waals surface area (Å²) < 4.78 is 5.18. The maximum absolute atomic E-state index is 5.95. The summed E-state index contributed by atoms with van der Waals surface area (Å²) in [6.07, 6.45) is 2.25. The molecule has 0 saturated heterocycles. The van der Waals surface area contributed by atoms with Gasteiger partial charge in [0, 0.05) is 11.5 Å². The van der Waals surface area contributed by atoms with E-state index in [1.807, 2.05) is 0 Å². The number of rotatable bonds is 2. The average Bonchev–Trinajstić information content (AvgIpc) is 3.04. The zero-order valence-electron chi connectivity index (χ0n) is 8.78. The van der Waals surface area contributed by atoms with Gasteiger partial charge < -0.3 is 10.3 Å². The van der Waals surface area contributed by atoms with Gasteiger partial charge in [0.2, 0.25) is 0 Å². The third kappa shape index (κ3) is 1.98. The Kier molecular flexibility index (Phi) is 2.49. The lowest BCUT2D eigenvalue weighted by Crippen LogP contribution is -1.89. The topological polar surface area (TPSA) is 64.9 Å². The van der Waals surface area contributed by atoms with Gasteiger partial charge in [-0.1, -0.05) is 28.4 Å². The van der Waals surface area contributed by atoms with Crippen molar-refractivity contribution in [2.75, 3.05) is 5.73 Å².